The third-order valence-electron chi connectivity index (χ3n) is 9.28. The van der Waals surface area contributed by atoms with E-state index in [1.54, 1.807) is 45.2 Å². The van der Waals surface area contributed by atoms with Crippen molar-refractivity contribution < 1.29 is 36.7 Å². The molecule has 0 saturated carbocycles. The molecule has 15 nitrogen and oxygen atoms in total. The van der Waals surface area contributed by atoms with E-state index in [9.17, 15) is 13.2 Å². The SMILES string of the molecule is COc1ccc2c(c1)C(c1ccc(Cl)cc1)=NC(CC(=O)NCCOCCOCCOCCNS(=O)(=O)c1cc(-c3c(C)noc3C)ccc1C)c1nnc(C)n1-2. The summed E-state index contributed by atoms with van der Waals surface area (Å²) in [5, 5.41) is 16.2. The fraction of sp³-hybridized carbons (Fsp3) is 0.375. The number of benzene rings is 3. The van der Waals surface area contributed by atoms with Gasteiger partial charge in [0.25, 0.3) is 0 Å². The predicted octanol–water partition coefficient (Wildman–Crippen LogP) is 5.24. The molecule has 3 aromatic carbocycles. The summed E-state index contributed by atoms with van der Waals surface area (Å²) in [4.78, 5) is 18.5. The molecule has 17 heteroatoms. The second-order valence-electron chi connectivity index (χ2n) is 13.3. The molecule has 1 unspecified atom stereocenters. The van der Waals surface area contributed by atoms with E-state index in [1.165, 1.54) is 0 Å². The van der Waals surface area contributed by atoms with Gasteiger partial charge in [-0.15, -0.1) is 10.2 Å². The molecule has 302 valence electrons. The van der Waals surface area contributed by atoms with Gasteiger partial charge in [0, 0.05) is 34.8 Å². The van der Waals surface area contributed by atoms with Crippen LogP contribution in [0.4, 0.5) is 0 Å². The number of ether oxygens (including phenoxy) is 4. The second kappa shape index (κ2) is 19.0. The van der Waals surface area contributed by atoms with Gasteiger partial charge in [-0.2, -0.15) is 0 Å². The van der Waals surface area contributed by atoms with Crippen LogP contribution in [0, 0.1) is 27.7 Å². The van der Waals surface area contributed by atoms with Crippen LogP contribution in [0.2, 0.25) is 5.02 Å². The number of amides is 1. The minimum atomic E-state index is -3.77. The van der Waals surface area contributed by atoms with Gasteiger partial charge in [-0.25, -0.2) is 13.1 Å². The van der Waals surface area contributed by atoms with E-state index >= 15 is 0 Å². The average molecular weight is 820 g/mol. The highest BCUT2D eigenvalue weighted by Gasteiger charge is 2.30. The van der Waals surface area contributed by atoms with Crippen LogP contribution in [0.3, 0.4) is 0 Å². The molecule has 6 rings (SSSR count). The van der Waals surface area contributed by atoms with E-state index in [0.29, 0.717) is 71.5 Å². The number of hydrogen-bond acceptors (Lipinski definition) is 12. The minimum Gasteiger partial charge on any atom is -0.497 e. The fourth-order valence-corrected chi connectivity index (χ4v) is 7.90. The number of carbonyl (C=O) groups excluding carboxylic acids is 1. The lowest BCUT2D eigenvalue weighted by atomic mass is 10.00. The van der Waals surface area contributed by atoms with Crippen LogP contribution in [0.1, 0.15) is 52.3 Å². The van der Waals surface area contributed by atoms with Crippen LogP contribution in [0.25, 0.3) is 16.8 Å². The van der Waals surface area contributed by atoms with Gasteiger partial charge in [0.15, 0.2) is 5.82 Å². The van der Waals surface area contributed by atoms with Crippen molar-refractivity contribution in [3.8, 4) is 22.6 Å². The summed E-state index contributed by atoms with van der Waals surface area (Å²) < 4.78 is 58.2. The number of nitrogens with zero attached hydrogens (tertiary/aromatic N) is 5. The Morgan fingerprint density at radius 2 is 1.54 bits per heavy atom. The molecule has 2 N–H and O–H groups in total. The van der Waals surface area contributed by atoms with Crippen LogP contribution in [0.15, 0.2) is 75.1 Å². The molecule has 0 spiro atoms. The van der Waals surface area contributed by atoms with E-state index in [-0.39, 0.29) is 43.6 Å². The Kier molecular flexibility index (Phi) is 13.9. The number of carbonyl (C=O) groups is 1. The molecule has 0 radical (unpaired) electrons. The number of sulfonamides is 1. The first kappa shape index (κ1) is 41.7. The Morgan fingerprint density at radius 3 is 2.23 bits per heavy atom. The standard InChI is InChI=1S/C40H46ClN7O8S/c1-25-6-7-30(38-26(2)47-56-27(38)3)22-36(25)57(50,51)43-15-17-54-19-21-55-20-18-53-16-14-42-37(49)24-34-40-46-45-28(4)48(40)35-13-12-32(52-5)23-33(35)39(44-34)29-8-10-31(41)11-9-29/h6-13,22-23,34,43H,14-21,24H2,1-5H3,(H,42,49). The molecule has 0 aliphatic carbocycles. The Hall–Kier alpha value is -4.97. The number of nitrogens with one attached hydrogen (secondary N) is 2. The number of fused-ring (bicyclic) bond motifs is 3. The molecular weight excluding hydrogens is 774 g/mol. The number of aryl methyl sites for hydroxylation is 4. The second-order valence-corrected chi connectivity index (χ2v) is 15.5. The molecule has 1 aliphatic rings. The van der Waals surface area contributed by atoms with Gasteiger partial charge in [-0.05, 0) is 75.2 Å². The average Bonchev–Trinajstić information content (AvgIpc) is 3.71. The third-order valence-corrected chi connectivity index (χ3v) is 11.1. The van der Waals surface area contributed by atoms with Crippen LogP contribution < -0.4 is 14.8 Å². The smallest absolute Gasteiger partial charge is 0.240 e. The van der Waals surface area contributed by atoms with Crippen LogP contribution >= 0.6 is 11.6 Å². The number of hydrogen-bond donors (Lipinski definition) is 2. The van der Waals surface area contributed by atoms with Crippen LogP contribution in [0.5, 0.6) is 5.75 Å². The van der Waals surface area contributed by atoms with Gasteiger partial charge >= 0.3 is 0 Å². The topological polar surface area (TPSA) is 181 Å². The maximum Gasteiger partial charge on any atom is 0.240 e. The first-order chi connectivity index (χ1) is 27.5. The fourth-order valence-electron chi connectivity index (χ4n) is 6.50. The highest BCUT2D eigenvalue weighted by molar-refractivity contribution is 7.89. The highest BCUT2D eigenvalue weighted by atomic mass is 35.5. The van der Waals surface area contributed by atoms with Crippen molar-refractivity contribution in [1.29, 1.82) is 0 Å². The zero-order chi connectivity index (χ0) is 40.5. The van der Waals surface area contributed by atoms with Crippen molar-refractivity contribution in [1.82, 2.24) is 30.0 Å². The summed E-state index contributed by atoms with van der Waals surface area (Å²) in [5.41, 5.74) is 5.99. The summed E-state index contributed by atoms with van der Waals surface area (Å²) in [5.74, 6) is 2.30. The van der Waals surface area contributed by atoms with Crippen LogP contribution in [-0.4, -0.2) is 99.8 Å². The zero-order valence-corrected chi connectivity index (χ0v) is 34.1. The van der Waals surface area contributed by atoms with Crippen molar-refractivity contribution in [2.45, 2.75) is 45.1 Å². The largest absolute Gasteiger partial charge is 0.497 e. The van der Waals surface area contributed by atoms with Crippen molar-refractivity contribution in [2.75, 3.05) is 59.8 Å². The third kappa shape index (κ3) is 10.1. The van der Waals surface area contributed by atoms with Gasteiger partial charge in [-0.1, -0.05) is 41.0 Å². The minimum absolute atomic E-state index is 0.0428. The van der Waals surface area contributed by atoms with E-state index in [0.717, 1.165) is 27.9 Å². The van der Waals surface area contributed by atoms with Gasteiger partial charge in [0.2, 0.25) is 15.9 Å². The molecule has 2 aromatic heterocycles. The Balaban J connectivity index is 0.899. The number of methoxy groups -OCH3 is 1. The molecule has 3 heterocycles. The maximum absolute atomic E-state index is 13.2. The summed E-state index contributed by atoms with van der Waals surface area (Å²) >= 11 is 6.20. The molecule has 1 atom stereocenters. The molecule has 0 fully saturated rings. The quantitative estimate of drug-likeness (QED) is 0.104. The van der Waals surface area contributed by atoms with Crippen LogP contribution in [-0.2, 0) is 29.0 Å². The number of aliphatic imine (C=N–C) groups is 1. The first-order valence-electron chi connectivity index (χ1n) is 18.4. The lowest BCUT2D eigenvalue weighted by Gasteiger charge is -2.14. The summed E-state index contributed by atoms with van der Waals surface area (Å²) in [7, 11) is -2.16. The molecule has 0 saturated heterocycles. The monoisotopic (exact) mass is 819 g/mol. The molecular formula is C40H46ClN7O8S. The molecule has 1 aliphatic heterocycles. The number of rotatable bonds is 19. The van der Waals surface area contributed by atoms with E-state index in [1.807, 2.05) is 54.8 Å². The summed E-state index contributed by atoms with van der Waals surface area (Å²) in [6, 6.07) is 17.8. The normalized spacial score (nSPS) is 13.8. The van der Waals surface area contributed by atoms with E-state index < -0.39 is 16.1 Å². The van der Waals surface area contributed by atoms with Crippen molar-refractivity contribution in [3.63, 3.8) is 0 Å². The van der Waals surface area contributed by atoms with Gasteiger partial charge in [-0.3, -0.25) is 14.4 Å². The van der Waals surface area contributed by atoms with Gasteiger partial charge in [0.05, 0.1) is 75.2 Å². The maximum atomic E-state index is 13.2. The Bertz CT molecular complexity index is 2310. The number of aromatic nitrogens is 4. The summed E-state index contributed by atoms with van der Waals surface area (Å²) in [6.45, 7) is 9.34. The van der Waals surface area contributed by atoms with Crippen molar-refractivity contribution in [2.24, 2.45) is 4.99 Å². The lowest BCUT2D eigenvalue weighted by molar-refractivity contribution is -0.121. The lowest BCUT2D eigenvalue weighted by Crippen LogP contribution is -2.29. The first-order valence-corrected chi connectivity index (χ1v) is 20.3. The molecule has 1 amide bonds. The van der Waals surface area contributed by atoms with Gasteiger partial charge < -0.3 is 28.8 Å². The number of halogens is 1. The van der Waals surface area contributed by atoms with Crippen molar-refractivity contribution >= 4 is 33.2 Å². The van der Waals surface area contributed by atoms with Gasteiger partial charge in [0.1, 0.15) is 23.4 Å². The molecule has 57 heavy (non-hydrogen) atoms. The van der Waals surface area contributed by atoms with Crippen molar-refractivity contribution in [3.05, 3.63) is 105 Å². The Labute approximate surface area is 336 Å². The highest BCUT2D eigenvalue weighted by Crippen LogP contribution is 2.35. The molecule has 5 aromatic rings. The van der Waals surface area contributed by atoms with E-state index in [2.05, 4.69) is 25.4 Å². The molecule has 0 bridgehead atoms. The summed E-state index contributed by atoms with van der Waals surface area (Å²) in [6.07, 6.45) is 0.0428. The van der Waals surface area contributed by atoms with E-state index in [4.69, 9.17) is 40.1 Å². The Morgan fingerprint density at radius 1 is 0.860 bits per heavy atom. The predicted molar refractivity (Wildman–Crippen MR) is 214 cm³/mol. The zero-order valence-electron chi connectivity index (χ0n) is 32.5.